The second kappa shape index (κ2) is 66.8. The molecule has 0 aromatic heterocycles. The van der Waals surface area contributed by atoms with Crippen LogP contribution in [0, 0.1) is 0 Å². The fourth-order valence-corrected chi connectivity index (χ4v) is 9.54. The lowest BCUT2D eigenvalue weighted by Crippen LogP contribution is -2.30. The third kappa shape index (κ3) is 65.0. The van der Waals surface area contributed by atoms with Crippen LogP contribution in [0.25, 0.3) is 0 Å². The SMILES string of the molecule is CC/C=C\C/C=C\C/C=C\C/C=C\C/C=C\C/C=C\CCCCCCCCCCCCCCC(=O)OCC(COC(=O)CCCCCCCCCCCCCC)OC(=O)CCCCCCCCC/C=C\C/C=C\CCCCCC. The van der Waals surface area contributed by atoms with Gasteiger partial charge in [-0.15, -0.1) is 0 Å². The number of esters is 3. The van der Waals surface area contributed by atoms with Crippen molar-refractivity contribution >= 4 is 17.9 Å². The molecule has 0 N–H and O–H groups in total. The summed E-state index contributed by atoms with van der Waals surface area (Å²) >= 11 is 0. The molecule has 0 rings (SSSR count). The highest BCUT2D eigenvalue weighted by atomic mass is 16.6. The summed E-state index contributed by atoms with van der Waals surface area (Å²) in [5.41, 5.74) is 0. The van der Waals surface area contributed by atoms with E-state index in [0.717, 1.165) is 109 Å². The minimum atomic E-state index is -0.781. The Bertz CT molecular complexity index is 1540. The van der Waals surface area contributed by atoms with Gasteiger partial charge in [-0.05, 0) is 103 Å². The fraction of sp³-hybridized carbons (Fsp3) is 0.740. The quantitative estimate of drug-likeness (QED) is 0.0261. The molecule has 454 valence electrons. The van der Waals surface area contributed by atoms with Crippen LogP contribution in [0.4, 0.5) is 0 Å². The monoisotopic (exact) mass is 1100 g/mol. The molecule has 0 aliphatic heterocycles. The number of allylic oxidation sites excluding steroid dienone is 16. The average Bonchev–Trinajstić information content (AvgIpc) is 3.45. The van der Waals surface area contributed by atoms with E-state index in [1.54, 1.807) is 0 Å². The number of rotatable bonds is 61. The zero-order valence-electron chi connectivity index (χ0n) is 52.1. The van der Waals surface area contributed by atoms with Gasteiger partial charge < -0.3 is 14.2 Å². The predicted octanol–water partition coefficient (Wildman–Crippen LogP) is 23.2. The molecule has 0 aliphatic carbocycles. The topological polar surface area (TPSA) is 78.9 Å². The molecule has 1 atom stereocenters. The van der Waals surface area contributed by atoms with E-state index in [0.29, 0.717) is 19.3 Å². The van der Waals surface area contributed by atoms with Crippen molar-refractivity contribution in [1.29, 1.82) is 0 Å². The van der Waals surface area contributed by atoms with E-state index < -0.39 is 6.10 Å². The number of ether oxygens (including phenoxy) is 3. The van der Waals surface area contributed by atoms with E-state index in [4.69, 9.17) is 14.2 Å². The second-order valence-electron chi connectivity index (χ2n) is 22.4. The highest BCUT2D eigenvalue weighted by molar-refractivity contribution is 5.71. The summed E-state index contributed by atoms with van der Waals surface area (Å²) in [6.07, 6.45) is 89.9. The Kier molecular flexibility index (Phi) is 63.7. The Labute approximate surface area is 489 Å². The minimum absolute atomic E-state index is 0.0772. The Morgan fingerprint density at radius 1 is 0.266 bits per heavy atom. The maximum Gasteiger partial charge on any atom is 0.306 e. The number of hydrogen-bond acceptors (Lipinski definition) is 6. The Balaban J connectivity index is 4.23. The molecule has 0 amide bonds. The van der Waals surface area contributed by atoms with Gasteiger partial charge in [0.2, 0.25) is 0 Å². The maximum atomic E-state index is 12.9. The van der Waals surface area contributed by atoms with Crippen LogP contribution in [0.5, 0.6) is 0 Å². The predicted molar refractivity (Wildman–Crippen MR) is 344 cm³/mol. The van der Waals surface area contributed by atoms with Crippen molar-refractivity contribution in [2.24, 2.45) is 0 Å². The smallest absolute Gasteiger partial charge is 0.306 e. The Morgan fingerprint density at radius 3 is 0.785 bits per heavy atom. The summed E-state index contributed by atoms with van der Waals surface area (Å²) in [5, 5.41) is 0. The summed E-state index contributed by atoms with van der Waals surface area (Å²) in [7, 11) is 0. The Morgan fingerprint density at radius 2 is 0.494 bits per heavy atom. The molecule has 0 bridgehead atoms. The molecule has 6 nitrogen and oxygen atoms in total. The third-order valence-corrected chi connectivity index (χ3v) is 14.6. The van der Waals surface area contributed by atoms with Crippen molar-refractivity contribution in [2.45, 2.75) is 335 Å². The van der Waals surface area contributed by atoms with E-state index in [9.17, 15) is 14.4 Å². The number of hydrogen-bond donors (Lipinski definition) is 0. The van der Waals surface area contributed by atoms with Gasteiger partial charge in [0.05, 0.1) is 0 Å². The van der Waals surface area contributed by atoms with Crippen LogP contribution in [-0.2, 0) is 28.6 Å². The summed E-state index contributed by atoms with van der Waals surface area (Å²) in [5.74, 6) is -0.874. The fourth-order valence-electron chi connectivity index (χ4n) is 9.54. The minimum Gasteiger partial charge on any atom is -0.462 e. The molecular formula is C73H126O6. The molecule has 0 saturated carbocycles. The number of unbranched alkanes of at least 4 members (excludes halogenated alkanes) is 34. The van der Waals surface area contributed by atoms with E-state index in [1.807, 2.05) is 0 Å². The zero-order chi connectivity index (χ0) is 57.1. The summed E-state index contributed by atoms with van der Waals surface area (Å²) in [4.78, 5) is 38.3. The molecular weight excluding hydrogens is 973 g/mol. The van der Waals surface area contributed by atoms with Gasteiger partial charge >= 0.3 is 17.9 Å². The molecule has 0 radical (unpaired) electrons. The van der Waals surface area contributed by atoms with Crippen molar-refractivity contribution < 1.29 is 28.6 Å². The van der Waals surface area contributed by atoms with E-state index >= 15 is 0 Å². The summed E-state index contributed by atoms with van der Waals surface area (Å²) < 4.78 is 16.9. The van der Waals surface area contributed by atoms with Gasteiger partial charge in [-0.25, -0.2) is 0 Å². The highest BCUT2D eigenvalue weighted by Crippen LogP contribution is 2.17. The van der Waals surface area contributed by atoms with Crippen molar-refractivity contribution in [3.05, 3.63) is 97.2 Å². The Hall–Kier alpha value is -3.67. The van der Waals surface area contributed by atoms with Crippen LogP contribution >= 0.6 is 0 Å². The van der Waals surface area contributed by atoms with Gasteiger partial charge in [-0.1, -0.05) is 304 Å². The van der Waals surface area contributed by atoms with Crippen LogP contribution < -0.4 is 0 Å². The lowest BCUT2D eigenvalue weighted by atomic mass is 10.0. The van der Waals surface area contributed by atoms with E-state index in [2.05, 4.69) is 118 Å². The van der Waals surface area contributed by atoms with Crippen LogP contribution in [0.3, 0.4) is 0 Å². The molecule has 0 aromatic carbocycles. The van der Waals surface area contributed by atoms with E-state index in [1.165, 1.54) is 180 Å². The third-order valence-electron chi connectivity index (χ3n) is 14.6. The van der Waals surface area contributed by atoms with Crippen LogP contribution in [0.15, 0.2) is 97.2 Å². The standard InChI is InChI=1S/C73H126O6/c1-4-7-10-13-16-19-22-25-27-29-31-32-33-34-35-36-37-38-39-40-41-42-43-45-46-48-51-54-57-60-63-66-72(75)78-69-70(68-77-71(74)65-62-59-56-53-50-24-21-18-15-12-9-6-3)79-73(76)67-64-61-58-55-52-49-47-44-30-28-26-23-20-17-14-11-8-5-2/h7,10,16,19-20,23,25,27-28,30-32,34-35,37-38,70H,4-6,8-9,11-15,17-18,21-22,24,26,29,33,36,39-69H2,1-3H3/b10-7-,19-16-,23-20-,27-25-,30-28-,32-31-,35-34-,38-37-. The van der Waals surface area contributed by atoms with Crippen molar-refractivity contribution in [1.82, 2.24) is 0 Å². The molecule has 1 unspecified atom stereocenters. The average molecular weight is 1100 g/mol. The van der Waals surface area contributed by atoms with Gasteiger partial charge in [0.25, 0.3) is 0 Å². The maximum absolute atomic E-state index is 12.9. The van der Waals surface area contributed by atoms with Gasteiger partial charge in [-0.2, -0.15) is 0 Å². The van der Waals surface area contributed by atoms with Gasteiger partial charge in [-0.3, -0.25) is 14.4 Å². The van der Waals surface area contributed by atoms with Gasteiger partial charge in [0.15, 0.2) is 6.10 Å². The highest BCUT2D eigenvalue weighted by Gasteiger charge is 2.19. The van der Waals surface area contributed by atoms with Crippen molar-refractivity contribution in [3.8, 4) is 0 Å². The molecule has 0 aliphatic rings. The van der Waals surface area contributed by atoms with Gasteiger partial charge in [0.1, 0.15) is 13.2 Å². The molecule has 6 heteroatoms. The molecule has 0 aromatic rings. The lowest BCUT2D eigenvalue weighted by molar-refractivity contribution is -0.167. The number of carbonyl (C=O) groups is 3. The second-order valence-corrected chi connectivity index (χ2v) is 22.4. The molecule has 79 heavy (non-hydrogen) atoms. The summed E-state index contributed by atoms with van der Waals surface area (Å²) in [6, 6.07) is 0. The first-order valence-corrected chi connectivity index (χ1v) is 33.7. The van der Waals surface area contributed by atoms with Crippen molar-refractivity contribution in [3.63, 3.8) is 0 Å². The molecule has 0 heterocycles. The summed E-state index contributed by atoms with van der Waals surface area (Å²) in [6.45, 7) is 6.53. The first-order chi connectivity index (χ1) is 39.0. The van der Waals surface area contributed by atoms with E-state index in [-0.39, 0.29) is 31.1 Å². The molecule has 0 spiro atoms. The normalized spacial score (nSPS) is 12.7. The zero-order valence-corrected chi connectivity index (χ0v) is 52.1. The first-order valence-electron chi connectivity index (χ1n) is 33.7. The first kappa shape index (κ1) is 75.3. The van der Waals surface area contributed by atoms with Crippen LogP contribution in [-0.4, -0.2) is 37.2 Å². The largest absolute Gasteiger partial charge is 0.462 e. The lowest BCUT2D eigenvalue weighted by Gasteiger charge is -2.18. The number of carbonyl (C=O) groups excluding carboxylic acids is 3. The van der Waals surface area contributed by atoms with Crippen LogP contribution in [0.1, 0.15) is 329 Å². The molecule has 0 fully saturated rings. The van der Waals surface area contributed by atoms with Crippen molar-refractivity contribution in [2.75, 3.05) is 13.2 Å². The van der Waals surface area contributed by atoms with Gasteiger partial charge in [0, 0.05) is 19.3 Å². The molecule has 0 saturated heterocycles. The van der Waals surface area contributed by atoms with Crippen LogP contribution in [0.2, 0.25) is 0 Å².